The number of carboxylic acids is 1. The second-order valence-electron chi connectivity index (χ2n) is 17.5. The molecule has 2 unspecified atom stereocenters. The molecule has 0 aliphatic heterocycles. The molecule has 0 spiro atoms. The zero-order valence-corrected chi connectivity index (χ0v) is 28.6. The molecule has 0 heterocycles. The molecule has 1 aromatic rings. The smallest absolute Gasteiger partial charge is 0.331 e. The SMILES string of the molecule is CC1(C)CC[C@]2(C(=O)O)CC[C@]3(C)C(=CC(=O)C4[C@@]5(C)CC[C@H](OC(=O)/C=C/c6ccc(O)c(O)c6)C(C)(C)C5CC[C@]43C)[C@@H]2C1. The van der Waals surface area contributed by atoms with Gasteiger partial charge in [0.1, 0.15) is 6.10 Å². The number of rotatable bonds is 4. The summed E-state index contributed by atoms with van der Waals surface area (Å²) in [5.74, 6) is -1.59. The van der Waals surface area contributed by atoms with Crippen LogP contribution in [0.3, 0.4) is 0 Å². The lowest BCUT2D eigenvalue weighted by Gasteiger charge is -2.70. The average Bonchev–Trinajstić information content (AvgIpc) is 2.95. The Morgan fingerprint density at radius 3 is 2.26 bits per heavy atom. The fourth-order valence-corrected chi connectivity index (χ4v) is 11.6. The van der Waals surface area contributed by atoms with E-state index < -0.39 is 17.4 Å². The lowest BCUT2D eigenvalue weighted by Crippen LogP contribution is -2.67. The van der Waals surface area contributed by atoms with Crippen molar-refractivity contribution in [2.75, 3.05) is 0 Å². The van der Waals surface area contributed by atoms with Gasteiger partial charge >= 0.3 is 11.9 Å². The average molecular weight is 633 g/mol. The minimum atomic E-state index is -0.785. The number of carboxylic acid groups (broad SMARTS) is 1. The molecule has 6 rings (SSSR count). The second kappa shape index (κ2) is 10.5. The fraction of sp³-hybridized carbons (Fsp3) is 0.667. The van der Waals surface area contributed by atoms with E-state index >= 15 is 0 Å². The summed E-state index contributed by atoms with van der Waals surface area (Å²) in [4.78, 5) is 40.5. The molecule has 0 saturated heterocycles. The molecule has 0 bridgehead atoms. The number of aliphatic carboxylic acids is 1. The number of allylic oxidation sites excluding steroid dienone is 2. The quantitative estimate of drug-likeness (QED) is 0.174. The molecule has 7 heteroatoms. The molecule has 4 saturated carbocycles. The third-order valence-corrected chi connectivity index (χ3v) is 14.4. The third kappa shape index (κ3) is 4.61. The van der Waals surface area contributed by atoms with Crippen molar-refractivity contribution in [2.24, 2.45) is 50.2 Å². The first-order valence-electron chi connectivity index (χ1n) is 17.2. The van der Waals surface area contributed by atoms with Gasteiger partial charge in [-0.1, -0.05) is 60.1 Å². The first-order valence-corrected chi connectivity index (χ1v) is 17.2. The monoisotopic (exact) mass is 632 g/mol. The number of ketones is 1. The van der Waals surface area contributed by atoms with Crippen molar-refractivity contribution >= 4 is 23.8 Å². The van der Waals surface area contributed by atoms with Gasteiger partial charge in [-0.3, -0.25) is 9.59 Å². The van der Waals surface area contributed by atoms with E-state index in [4.69, 9.17) is 4.74 Å². The first-order chi connectivity index (χ1) is 21.3. The van der Waals surface area contributed by atoms with Crippen LogP contribution < -0.4 is 0 Å². The summed E-state index contributed by atoms with van der Waals surface area (Å²) in [6.07, 6.45) is 11.6. The number of hydrogen-bond donors (Lipinski definition) is 3. The van der Waals surface area contributed by atoms with E-state index in [9.17, 15) is 29.7 Å². The van der Waals surface area contributed by atoms with E-state index in [0.29, 0.717) is 24.8 Å². The van der Waals surface area contributed by atoms with E-state index in [0.717, 1.165) is 44.1 Å². The maximum Gasteiger partial charge on any atom is 0.331 e. The highest BCUT2D eigenvalue weighted by Crippen LogP contribution is 2.75. The van der Waals surface area contributed by atoms with Crippen LogP contribution in [-0.2, 0) is 19.1 Å². The highest BCUT2D eigenvalue weighted by Gasteiger charge is 2.71. The third-order valence-electron chi connectivity index (χ3n) is 14.4. The summed E-state index contributed by atoms with van der Waals surface area (Å²) in [5.41, 5.74) is -0.255. The zero-order chi connectivity index (χ0) is 33.7. The van der Waals surface area contributed by atoms with Crippen molar-refractivity contribution in [1.29, 1.82) is 0 Å². The Balaban J connectivity index is 1.29. The standard InChI is InChI=1S/C39H52O7/c1-34(2)16-18-39(33(44)45)19-17-37(6)24(25(39)22-34)21-28(42)32-36(5)14-13-30(35(3,4)29(36)12-15-38(32,37)7)46-31(43)11-9-23-8-10-26(40)27(41)20-23/h8-11,20-21,25,29-30,32,40-41H,12-19,22H2,1-7H3,(H,44,45)/b11-9+/t25-,29?,30-,32?,36-,37+,38+,39-/m0/s1. The van der Waals surface area contributed by atoms with Crippen LogP contribution in [0.15, 0.2) is 35.9 Å². The summed E-state index contributed by atoms with van der Waals surface area (Å²) >= 11 is 0. The number of aromatic hydroxyl groups is 2. The minimum absolute atomic E-state index is 0.0357. The molecule has 5 aliphatic carbocycles. The van der Waals surface area contributed by atoms with Crippen molar-refractivity contribution in [3.8, 4) is 11.5 Å². The highest BCUT2D eigenvalue weighted by molar-refractivity contribution is 5.96. The second-order valence-corrected chi connectivity index (χ2v) is 17.5. The van der Waals surface area contributed by atoms with Crippen molar-refractivity contribution in [1.82, 2.24) is 0 Å². The van der Waals surface area contributed by atoms with Gasteiger partial charge in [-0.15, -0.1) is 0 Å². The lowest BCUT2D eigenvalue weighted by molar-refractivity contribution is -0.210. The summed E-state index contributed by atoms with van der Waals surface area (Å²) in [7, 11) is 0. The molecule has 3 N–H and O–H groups in total. The molecule has 8 atom stereocenters. The van der Waals surface area contributed by atoms with Crippen molar-refractivity contribution < 1.29 is 34.4 Å². The number of fused-ring (bicyclic) bond motifs is 7. The number of phenolic OH excluding ortho intramolecular Hbond substituents is 2. The van der Waals surface area contributed by atoms with Crippen LogP contribution in [0.2, 0.25) is 0 Å². The number of hydrogen-bond acceptors (Lipinski definition) is 6. The predicted octanol–water partition coefficient (Wildman–Crippen LogP) is 8.09. The maximum atomic E-state index is 14.6. The van der Waals surface area contributed by atoms with Gasteiger partial charge in [0.05, 0.1) is 5.41 Å². The fourth-order valence-electron chi connectivity index (χ4n) is 11.6. The lowest BCUT2D eigenvalue weighted by atomic mass is 9.33. The van der Waals surface area contributed by atoms with Crippen molar-refractivity contribution in [3.05, 3.63) is 41.5 Å². The number of ether oxygens (including phenoxy) is 1. The summed E-state index contributed by atoms with van der Waals surface area (Å²) in [6.45, 7) is 15.8. The molecular formula is C39H52O7. The molecule has 7 nitrogen and oxygen atoms in total. The van der Waals surface area contributed by atoms with E-state index in [-0.39, 0.29) is 68.2 Å². The Labute approximate surface area is 273 Å². The molecule has 250 valence electrons. The molecule has 46 heavy (non-hydrogen) atoms. The predicted molar refractivity (Wildman–Crippen MR) is 176 cm³/mol. The van der Waals surface area contributed by atoms with Crippen LogP contribution in [0, 0.1) is 50.2 Å². The van der Waals surface area contributed by atoms with Crippen LogP contribution in [0.4, 0.5) is 0 Å². The largest absolute Gasteiger partial charge is 0.504 e. The molecule has 0 amide bonds. The Hall–Kier alpha value is -3.09. The number of carbonyl (C=O) groups excluding carboxylic acids is 2. The number of carbonyl (C=O) groups is 3. The highest BCUT2D eigenvalue weighted by atomic mass is 16.5. The van der Waals surface area contributed by atoms with Crippen LogP contribution >= 0.6 is 0 Å². The van der Waals surface area contributed by atoms with E-state index in [1.807, 2.05) is 6.08 Å². The summed E-state index contributed by atoms with van der Waals surface area (Å²) in [5, 5.41) is 30.0. The maximum absolute atomic E-state index is 14.6. The van der Waals surface area contributed by atoms with E-state index in [1.165, 1.54) is 18.2 Å². The van der Waals surface area contributed by atoms with Gasteiger partial charge < -0.3 is 20.1 Å². The molecular weight excluding hydrogens is 580 g/mol. The van der Waals surface area contributed by atoms with Gasteiger partial charge in [-0.05, 0) is 121 Å². The van der Waals surface area contributed by atoms with Gasteiger partial charge in [-0.25, -0.2) is 4.79 Å². The Morgan fingerprint density at radius 1 is 0.891 bits per heavy atom. The topological polar surface area (TPSA) is 121 Å². The van der Waals surface area contributed by atoms with Crippen LogP contribution in [-0.4, -0.2) is 39.1 Å². The number of benzene rings is 1. The molecule has 5 aliphatic rings. The molecule has 0 radical (unpaired) electrons. The summed E-state index contributed by atoms with van der Waals surface area (Å²) in [6, 6.07) is 4.37. The summed E-state index contributed by atoms with van der Waals surface area (Å²) < 4.78 is 6.09. The van der Waals surface area contributed by atoms with Gasteiger partial charge in [-0.2, -0.15) is 0 Å². The number of phenols is 2. The Kier molecular flexibility index (Phi) is 7.46. The minimum Gasteiger partial charge on any atom is -0.504 e. The van der Waals surface area contributed by atoms with E-state index in [1.54, 1.807) is 12.1 Å². The Morgan fingerprint density at radius 2 is 1.59 bits per heavy atom. The molecule has 1 aromatic carbocycles. The molecule has 0 aromatic heterocycles. The van der Waals surface area contributed by atoms with Gasteiger partial charge in [0.25, 0.3) is 0 Å². The van der Waals surface area contributed by atoms with Crippen LogP contribution in [0.25, 0.3) is 6.08 Å². The molecule has 4 fully saturated rings. The van der Waals surface area contributed by atoms with E-state index in [2.05, 4.69) is 48.5 Å². The zero-order valence-electron chi connectivity index (χ0n) is 28.6. The van der Waals surface area contributed by atoms with Gasteiger partial charge in [0, 0.05) is 17.4 Å². The number of esters is 1. The Bertz CT molecular complexity index is 1530. The van der Waals surface area contributed by atoms with Crippen LogP contribution in [0.5, 0.6) is 11.5 Å². The van der Waals surface area contributed by atoms with Crippen molar-refractivity contribution in [2.45, 2.75) is 112 Å². The normalized spacial score (nSPS) is 40.9. The first kappa shape index (κ1) is 32.8. The van der Waals surface area contributed by atoms with Gasteiger partial charge in [0.2, 0.25) is 0 Å². The van der Waals surface area contributed by atoms with Crippen molar-refractivity contribution in [3.63, 3.8) is 0 Å². The van der Waals surface area contributed by atoms with Crippen LogP contribution in [0.1, 0.15) is 112 Å². The van der Waals surface area contributed by atoms with Gasteiger partial charge in [0.15, 0.2) is 17.3 Å².